The van der Waals surface area contributed by atoms with Gasteiger partial charge in [-0.05, 0) is 50.6 Å². The molecule has 0 bridgehead atoms. The predicted molar refractivity (Wildman–Crippen MR) is 116 cm³/mol. The molecule has 1 fully saturated rings. The molecule has 0 radical (unpaired) electrons. The molecule has 3 rings (SSSR count). The second kappa shape index (κ2) is 8.09. The average Bonchev–Trinajstić information content (AvgIpc) is 2.76. The summed E-state index contributed by atoms with van der Waals surface area (Å²) >= 11 is 0. The van der Waals surface area contributed by atoms with Crippen LogP contribution in [0.2, 0.25) is 0 Å². The Morgan fingerprint density at radius 3 is 2.55 bits per heavy atom. The molecule has 2 aliphatic rings. The molecule has 166 valence electrons. The Hall–Kier alpha value is -2.70. The quantitative estimate of drug-likeness (QED) is 0.739. The molecule has 1 heterocycles. The normalized spacial score (nSPS) is 27.9. The number of likely N-dealkylation sites (N-methyl/N-ethyl adjacent to an activating group) is 1. The van der Waals surface area contributed by atoms with E-state index in [1.165, 1.54) is 31.3 Å². The minimum absolute atomic E-state index is 0.00989. The van der Waals surface area contributed by atoms with Crippen LogP contribution in [0.3, 0.4) is 0 Å². The van der Waals surface area contributed by atoms with Crippen LogP contribution in [0, 0.1) is 22.7 Å². The monoisotopic (exact) mass is 446 g/mol. The summed E-state index contributed by atoms with van der Waals surface area (Å²) in [5.41, 5.74) is 0.395. The highest BCUT2D eigenvalue weighted by Crippen LogP contribution is 2.39. The van der Waals surface area contributed by atoms with E-state index >= 15 is 0 Å². The number of nitrogens with zero attached hydrogens (tertiary/aromatic N) is 2. The van der Waals surface area contributed by atoms with Gasteiger partial charge < -0.3 is 10.1 Å². The van der Waals surface area contributed by atoms with Gasteiger partial charge in [-0.25, -0.2) is 17.1 Å². The number of amidine groups is 1. The van der Waals surface area contributed by atoms with Crippen LogP contribution < -0.4 is 5.32 Å². The van der Waals surface area contributed by atoms with Gasteiger partial charge in [0.1, 0.15) is 23.0 Å². The Bertz CT molecular complexity index is 1090. The van der Waals surface area contributed by atoms with Crippen molar-refractivity contribution in [1.29, 1.82) is 10.7 Å². The molecule has 31 heavy (non-hydrogen) atoms. The van der Waals surface area contributed by atoms with Crippen molar-refractivity contribution in [2.75, 3.05) is 13.6 Å². The first kappa shape index (κ1) is 23.0. The smallest absolute Gasteiger partial charge is 0.226 e. The molecule has 0 aromatic heterocycles. The van der Waals surface area contributed by atoms with E-state index in [2.05, 4.69) is 11.4 Å². The summed E-state index contributed by atoms with van der Waals surface area (Å²) in [5, 5.41) is 20.3. The summed E-state index contributed by atoms with van der Waals surface area (Å²) in [6.45, 7) is 4.95. The summed E-state index contributed by atoms with van der Waals surface area (Å²) in [6, 6.07) is 9.07. The van der Waals surface area contributed by atoms with Crippen LogP contribution in [-0.2, 0) is 21.4 Å². The number of nitriles is 1. The lowest BCUT2D eigenvalue weighted by molar-refractivity contribution is 0.149. The van der Waals surface area contributed by atoms with Gasteiger partial charge in [-0.15, -0.1) is 0 Å². The number of sulfonamides is 1. The fourth-order valence-corrected chi connectivity index (χ4v) is 5.41. The van der Waals surface area contributed by atoms with Gasteiger partial charge in [0.05, 0.1) is 22.9 Å². The van der Waals surface area contributed by atoms with Gasteiger partial charge in [0, 0.05) is 25.9 Å². The number of hydrogen-bond donors (Lipinski definition) is 2. The van der Waals surface area contributed by atoms with E-state index in [1.54, 1.807) is 37.3 Å². The van der Waals surface area contributed by atoms with Crippen molar-refractivity contribution in [2.24, 2.45) is 5.92 Å². The standard InChI is InChI=1S/C22H27FN4O3S/c1-21(2)20(25)26-22(3,14-27(4)31(21,28)29)18-11-17(9-10-19(18)23)30-13-16-7-5-15(12-24)6-8-16/h5-10,18H,11,13-14H2,1-4H3,(H2,25,26)/t18?,22-/m0/s1. The first-order chi connectivity index (χ1) is 14.4. The lowest BCUT2D eigenvalue weighted by atomic mass is 9.79. The minimum Gasteiger partial charge on any atom is -0.493 e. The first-order valence-electron chi connectivity index (χ1n) is 9.92. The van der Waals surface area contributed by atoms with E-state index in [-0.39, 0.29) is 31.2 Å². The number of allylic oxidation sites excluding steroid dienone is 3. The van der Waals surface area contributed by atoms with Crippen molar-refractivity contribution in [3.05, 3.63) is 59.1 Å². The van der Waals surface area contributed by atoms with Crippen molar-refractivity contribution in [3.63, 3.8) is 0 Å². The lowest BCUT2D eigenvalue weighted by Gasteiger charge is -2.39. The van der Waals surface area contributed by atoms with Crippen molar-refractivity contribution in [1.82, 2.24) is 9.62 Å². The van der Waals surface area contributed by atoms with Crippen molar-refractivity contribution < 1.29 is 17.5 Å². The number of rotatable bonds is 4. The molecule has 9 heteroatoms. The number of hydrogen-bond acceptors (Lipinski definition) is 5. The summed E-state index contributed by atoms with van der Waals surface area (Å²) in [5.74, 6) is -0.694. The van der Waals surface area contributed by atoms with E-state index in [4.69, 9.17) is 15.4 Å². The maximum Gasteiger partial charge on any atom is 0.226 e. The second-order valence-electron chi connectivity index (χ2n) is 8.73. The second-order valence-corrected chi connectivity index (χ2v) is 11.3. The van der Waals surface area contributed by atoms with Gasteiger partial charge in [0.2, 0.25) is 10.0 Å². The maximum absolute atomic E-state index is 14.9. The topological polar surface area (TPSA) is 106 Å². The van der Waals surface area contributed by atoms with Gasteiger partial charge >= 0.3 is 0 Å². The molecule has 0 spiro atoms. The Morgan fingerprint density at radius 1 is 1.29 bits per heavy atom. The van der Waals surface area contributed by atoms with Crippen LogP contribution in [-0.4, -0.2) is 42.4 Å². The van der Waals surface area contributed by atoms with E-state index < -0.39 is 26.2 Å². The van der Waals surface area contributed by atoms with Crippen LogP contribution in [0.4, 0.5) is 4.39 Å². The first-order valence-corrected chi connectivity index (χ1v) is 11.4. The molecule has 0 saturated carbocycles. The SMILES string of the molecule is CN1C[C@@](C)(C2CC(OCc3ccc(C#N)cc3)=CC=C2F)NC(=N)C(C)(C)S1(=O)=O. The highest BCUT2D eigenvalue weighted by molar-refractivity contribution is 7.91. The Kier molecular flexibility index (Phi) is 6.00. The molecule has 1 aromatic rings. The van der Waals surface area contributed by atoms with E-state index in [9.17, 15) is 12.8 Å². The van der Waals surface area contributed by atoms with Gasteiger partial charge in [0.25, 0.3) is 0 Å². The Balaban J connectivity index is 1.79. The minimum atomic E-state index is -3.78. The largest absolute Gasteiger partial charge is 0.493 e. The third-order valence-electron chi connectivity index (χ3n) is 6.06. The zero-order valence-electron chi connectivity index (χ0n) is 18.1. The van der Waals surface area contributed by atoms with Crippen molar-refractivity contribution in [3.8, 4) is 6.07 Å². The molecular weight excluding hydrogens is 419 g/mol. The molecule has 1 aliphatic heterocycles. The summed E-state index contributed by atoms with van der Waals surface area (Å²) in [6.07, 6.45) is 3.14. The Morgan fingerprint density at radius 2 is 1.94 bits per heavy atom. The van der Waals surface area contributed by atoms with Gasteiger partial charge in [-0.3, -0.25) is 5.41 Å². The number of halogens is 1. The van der Waals surface area contributed by atoms with Gasteiger partial charge in [-0.1, -0.05) is 12.1 Å². The van der Waals surface area contributed by atoms with Gasteiger partial charge in [0.15, 0.2) is 0 Å². The molecule has 2 atom stereocenters. The predicted octanol–water partition coefficient (Wildman–Crippen LogP) is 3.21. The van der Waals surface area contributed by atoms with E-state index in [0.717, 1.165) is 5.56 Å². The maximum atomic E-state index is 14.9. The van der Waals surface area contributed by atoms with Crippen LogP contribution >= 0.6 is 0 Å². The summed E-state index contributed by atoms with van der Waals surface area (Å²) in [7, 11) is -2.33. The average molecular weight is 447 g/mol. The summed E-state index contributed by atoms with van der Waals surface area (Å²) in [4.78, 5) is 0. The third-order valence-corrected chi connectivity index (χ3v) is 8.51. The third kappa shape index (κ3) is 4.23. The molecule has 2 N–H and O–H groups in total. The van der Waals surface area contributed by atoms with Crippen molar-refractivity contribution in [2.45, 2.75) is 44.1 Å². The van der Waals surface area contributed by atoms with Crippen LogP contribution in [0.25, 0.3) is 0 Å². The fraction of sp³-hybridized carbons (Fsp3) is 0.455. The number of nitrogens with one attached hydrogen (secondary N) is 2. The fourth-order valence-electron chi connectivity index (χ4n) is 3.88. The molecular formula is C22H27FN4O3S. The van der Waals surface area contributed by atoms with Crippen LogP contribution in [0.5, 0.6) is 0 Å². The molecule has 1 saturated heterocycles. The van der Waals surface area contributed by atoms with Crippen LogP contribution in [0.1, 0.15) is 38.3 Å². The highest BCUT2D eigenvalue weighted by Gasteiger charge is 2.52. The Labute approximate surface area is 182 Å². The van der Waals surface area contributed by atoms with E-state index in [0.29, 0.717) is 11.3 Å². The van der Waals surface area contributed by atoms with E-state index in [1.807, 2.05) is 0 Å². The van der Waals surface area contributed by atoms with Crippen molar-refractivity contribution >= 4 is 15.9 Å². The zero-order valence-corrected chi connectivity index (χ0v) is 18.9. The molecule has 1 aromatic carbocycles. The lowest BCUT2D eigenvalue weighted by Crippen LogP contribution is -2.57. The van der Waals surface area contributed by atoms with Gasteiger partial charge in [-0.2, -0.15) is 5.26 Å². The molecule has 1 aliphatic carbocycles. The summed E-state index contributed by atoms with van der Waals surface area (Å²) < 4.78 is 46.3. The van der Waals surface area contributed by atoms with Crippen LogP contribution in [0.15, 0.2) is 48.0 Å². The zero-order chi connectivity index (χ0) is 23.0. The number of benzene rings is 1. The molecule has 7 nitrogen and oxygen atoms in total. The molecule has 0 amide bonds. The highest BCUT2D eigenvalue weighted by atomic mass is 32.2. The number of ether oxygens (including phenoxy) is 1. The molecule has 1 unspecified atom stereocenters.